The Kier molecular flexibility index (Phi) is 4.63. The lowest BCUT2D eigenvalue weighted by Crippen LogP contribution is -2.38. The standard InChI is InChI=1S/C13H16F3N5/c1-10-7-20(9-13(14,15)16)2-3-21(8-10)12-6-18-11(4-17)5-19-12/h5-6,10H,2-3,7-9H2,1H3. The van der Waals surface area contributed by atoms with E-state index in [9.17, 15) is 13.2 Å². The second-order valence-corrected chi connectivity index (χ2v) is 5.27. The second-order valence-electron chi connectivity index (χ2n) is 5.27. The van der Waals surface area contributed by atoms with E-state index in [2.05, 4.69) is 9.97 Å². The Labute approximate surface area is 121 Å². The first-order valence-electron chi connectivity index (χ1n) is 6.63. The Morgan fingerprint density at radius 3 is 2.62 bits per heavy atom. The minimum absolute atomic E-state index is 0.0901. The first-order chi connectivity index (χ1) is 9.87. The predicted octanol–water partition coefficient (Wildman–Crippen LogP) is 1.67. The van der Waals surface area contributed by atoms with Gasteiger partial charge in [-0.2, -0.15) is 18.4 Å². The van der Waals surface area contributed by atoms with E-state index >= 15 is 0 Å². The van der Waals surface area contributed by atoms with Gasteiger partial charge in [0.25, 0.3) is 0 Å². The van der Waals surface area contributed by atoms with Gasteiger partial charge in [-0.3, -0.25) is 4.90 Å². The molecule has 0 spiro atoms. The van der Waals surface area contributed by atoms with Crippen LogP contribution in [0.25, 0.3) is 0 Å². The molecule has 0 radical (unpaired) electrons. The zero-order chi connectivity index (χ0) is 15.5. The minimum atomic E-state index is -4.18. The summed E-state index contributed by atoms with van der Waals surface area (Å²) in [6, 6.07) is 1.89. The van der Waals surface area contributed by atoms with Crippen molar-refractivity contribution in [1.82, 2.24) is 14.9 Å². The van der Waals surface area contributed by atoms with E-state index < -0.39 is 12.7 Å². The molecule has 1 aromatic rings. The van der Waals surface area contributed by atoms with E-state index in [1.807, 2.05) is 17.9 Å². The van der Waals surface area contributed by atoms with E-state index in [0.29, 0.717) is 32.0 Å². The Hall–Kier alpha value is -1.88. The maximum atomic E-state index is 12.5. The van der Waals surface area contributed by atoms with Crippen LogP contribution in [0.15, 0.2) is 12.4 Å². The molecule has 1 saturated heterocycles. The van der Waals surface area contributed by atoms with Gasteiger partial charge in [0.15, 0.2) is 5.69 Å². The summed E-state index contributed by atoms with van der Waals surface area (Å²) in [5.41, 5.74) is 0.223. The molecule has 8 heteroatoms. The van der Waals surface area contributed by atoms with Crippen LogP contribution < -0.4 is 4.90 Å². The van der Waals surface area contributed by atoms with Crippen molar-refractivity contribution in [2.24, 2.45) is 5.92 Å². The average Bonchev–Trinajstić information content (AvgIpc) is 2.58. The van der Waals surface area contributed by atoms with Crippen LogP contribution in [-0.2, 0) is 0 Å². The van der Waals surface area contributed by atoms with Gasteiger partial charge >= 0.3 is 6.18 Å². The summed E-state index contributed by atoms with van der Waals surface area (Å²) in [7, 11) is 0. The van der Waals surface area contributed by atoms with Gasteiger partial charge < -0.3 is 4.90 Å². The molecule has 2 heterocycles. The fourth-order valence-corrected chi connectivity index (χ4v) is 2.47. The highest BCUT2D eigenvalue weighted by Gasteiger charge is 2.32. The molecular formula is C13H16F3N5. The second kappa shape index (κ2) is 6.26. The molecule has 1 atom stereocenters. The van der Waals surface area contributed by atoms with E-state index in [0.717, 1.165) is 0 Å². The maximum Gasteiger partial charge on any atom is 0.401 e. The van der Waals surface area contributed by atoms with Crippen LogP contribution in [0.5, 0.6) is 0 Å². The molecule has 0 aliphatic carbocycles. The third kappa shape index (κ3) is 4.56. The molecule has 21 heavy (non-hydrogen) atoms. The SMILES string of the molecule is CC1CN(CC(F)(F)F)CCN(c2cnc(C#N)cn2)C1. The van der Waals surface area contributed by atoms with Gasteiger partial charge in [0, 0.05) is 26.2 Å². The summed E-state index contributed by atoms with van der Waals surface area (Å²) in [6.07, 6.45) is -1.31. The predicted molar refractivity (Wildman–Crippen MR) is 70.6 cm³/mol. The molecule has 2 rings (SSSR count). The molecule has 1 aliphatic rings. The Morgan fingerprint density at radius 1 is 1.29 bits per heavy atom. The number of nitriles is 1. The highest BCUT2D eigenvalue weighted by molar-refractivity contribution is 5.37. The van der Waals surface area contributed by atoms with Crippen molar-refractivity contribution >= 4 is 5.82 Å². The monoisotopic (exact) mass is 299 g/mol. The van der Waals surface area contributed by atoms with Gasteiger partial charge in [-0.05, 0) is 5.92 Å². The molecule has 1 unspecified atom stereocenters. The van der Waals surface area contributed by atoms with Gasteiger partial charge in [-0.15, -0.1) is 0 Å². The van der Waals surface area contributed by atoms with Crippen LogP contribution >= 0.6 is 0 Å². The van der Waals surface area contributed by atoms with Crippen LogP contribution in [0.4, 0.5) is 19.0 Å². The molecule has 1 aromatic heterocycles. The van der Waals surface area contributed by atoms with E-state index in [-0.39, 0.29) is 11.6 Å². The van der Waals surface area contributed by atoms with Crippen LogP contribution in [0.1, 0.15) is 12.6 Å². The molecule has 114 valence electrons. The van der Waals surface area contributed by atoms with Crippen molar-refractivity contribution < 1.29 is 13.2 Å². The lowest BCUT2D eigenvalue weighted by atomic mass is 10.1. The first kappa shape index (κ1) is 15.5. The molecule has 0 saturated carbocycles. The molecule has 0 amide bonds. The molecule has 5 nitrogen and oxygen atoms in total. The normalized spacial score (nSPS) is 20.9. The van der Waals surface area contributed by atoms with Gasteiger partial charge in [-0.1, -0.05) is 6.92 Å². The third-order valence-corrected chi connectivity index (χ3v) is 3.27. The number of hydrogen-bond donors (Lipinski definition) is 0. The zero-order valence-electron chi connectivity index (χ0n) is 11.6. The van der Waals surface area contributed by atoms with Crippen molar-refractivity contribution in [2.45, 2.75) is 13.1 Å². The number of anilines is 1. The number of hydrogen-bond acceptors (Lipinski definition) is 5. The maximum absolute atomic E-state index is 12.5. The zero-order valence-corrected chi connectivity index (χ0v) is 11.6. The fraction of sp³-hybridized carbons (Fsp3) is 0.615. The summed E-state index contributed by atoms with van der Waals surface area (Å²) in [6.45, 7) is 2.84. The van der Waals surface area contributed by atoms with E-state index in [4.69, 9.17) is 5.26 Å². The van der Waals surface area contributed by atoms with Gasteiger partial charge in [0.05, 0.1) is 18.9 Å². The number of rotatable bonds is 2. The van der Waals surface area contributed by atoms with Crippen molar-refractivity contribution in [1.29, 1.82) is 5.26 Å². The Morgan fingerprint density at radius 2 is 2.05 bits per heavy atom. The lowest BCUT2D eigenvalue weighted by Gasteiger charge is -2.23. The minimum Gasteiger partial charge on any atom is -0.354 e. The molecule has 1 aliphatic heterocycles. The van der Waals surface area contributed by atoms with Gasteiger partial charge in [-0.25, -0.2) is 9.97 Å². The number of alkyl halides is 3. The molecule has 0 N–H and O–H groups in total. The summed E-state index contributed by atoms with van der Waals surface area (Å²) < 4.78 is 37.5. The molecular weight excluding hydrogens is 283 g/mol. The molecule has 0 aromatic carbocycles. The van der Waals surface area contributed by atoms with Crippen LogP contribution in [0.2, 0.25) is 0 Å². The summed E-state index contributed by atoms with van der Waals surface area (Å²) >= 11 is 0. The number of aromatic nitrogens is 2. The van der Waals surface area contributed by atoms with Crippen molar-refractivity contribution in [2.75, 3.05) is 37.6 Å². The van der Waals surface area contributed by atoms with Crippen molar-refractivity contribution in [3.63, 3.8) is 0 Å². The molecule has 0 bridgehead atoms. The van der Waals surface area contributed by atoms with E-state index in [1.165, 1.54) is 17.3 Å². The summed E-state index contributed by atoms with van der Waals surface area (Å²) in [5, 5.41) is 8.69. The smallest absolute Gasteiger partial charge is 0.354 e. The molecule has 1 fully saturated rings. The van der Waals surface area contributed by atoms with Crippen molar-refractivity contribution in [3.05, 3.63) is 18.1 Å². The number of halogens is 3. The Balaban J connectivity index is 2.04. The fourth-order valence-electron chi connectivity index (χ4n) is 2.47. The summed E-state index contributed by atoms with van der Waals surface area (Å²) in [5.74, 6) is 0.682. The highest BCUT2D eigenvalue weighted by atomic mass is 19.4. The van der Waals surface area contributed by atoms with Crippen LogP contribution in [0, 0.1) is 17.2 Å². The van der Waals surface area contributed by atoms with Crippen LogP contribution in [-0.4, -0.2) is 53.8 Å². The topological polar surface area (TPSA) is 56.0 Å². The lowest BCUT2D eigenvalue weighted by molar-refractivity contribution is -0.146. The number of nitrogens with zero attached hydrogens (tertiary/aromatic N) is 5. The summed E-state index contributed by atoms with van der Waals surface area (Å²) in [4.78, 5) is 11.4. The highest BCUT2D eigenvalue weighted by Crippen LogP contribution is 2.20. The average molecular weight is 299 g/mol. The van der Waals surface area contributed by atoms with E-state index in [1.54, 1.807) is 0 Å². The Bertz CT molecular complexity index is 508. The van der Waals surface area contributed by atoms with Gasteiger partial charge in [0.1, 0.15) is 11.9 Å². The largest absolute Gasteiger partial charge is 0.401 e. The third-order valence-electron chi connectivity index (χ3n) is 3.27. The van der Waals surface area contributed by atoms with Gasteiger partial charge in [0.2, 0.25) is 0 Å². The first-order valence-corrected chi connectivity index (χ1v) is 6.63. The van der Waals surface area contributed by atoms with Crippen molar-refractivity contribution in [3.8, 4) is 6.07 Å². The quantitative estimate of drug-likeness (QED) is 0.831. The van der Waals surface area contributed by atoms with Crippen LogP contribution in [0.3, 0.4) is 0 Å².